The summed E-state index contributed by atoms with van der Waals surface area (Å²) in [5.41, 5.74) is 2.37. The molecule has 2 saturated heterocycles. The van der Waals surface area contributed by atoms with Gasteiger partial charge in [0.1, 0.15) is 0 Å². The van der Waals surface area contributed by atoms with Crippen molar-refractivity contribution in [3.8, 4) is 0 Å². The van der Waals surface area contributed by atoms with Gasteiger partial charge < -0.3 is 4.90 Å². The molecule has 0 radical (unpaired) electrons. The molecule has 28 heavy (non-hydrogen) atoms. The van der Waals surface area contributed by atoms with Gasteiger partial charge in [0.2, 0.25) is 15.9 Å². The minimum absolute atomic E-state index is 0.0122. The maximum atomic E-state index is 12.7. The summed E-state index contributed by atoms with van der Waals surface area (Å²) in [5.74, 6) is 0.787. The van der Waals surface area contributed by atoms with Crippen LogP contribution in [0.3, 0.4) is 0 Å². The lowest BCUT2D eigenvalue weighted by molar-refractivity contribution is -0.129. The van der Waals surface area contributed by atoms with E-state index >= 15 is 0 Å². The molecule has 156 valence electrons. The lowest BCUT2D eigenvalue weighted by atomic mass is 10.2. The fourth-order valence-electron chi connectivity index (χ4n) is 3.55. The topological polar surface area (TPSA) is 91.8 Å². The van der Waals surface area contributed by atoms with E-state index in [9.17, 15) is 21.6 Å². The zero-order valence-electron chi connectivity index (χ0n) is 15.9. The second kappa shape index (κ2) is 8.73. The van der Waals surface area contributed by atoms with Gasteiger partial charge in [-0.25, -0.2) is 16.8 Å². The average molecular weight is 447 g/mol. The SMILES string of the molecule is Cc1cccc(CSCC(=O)N2CCN(S(=O)(=O)C3CCS(=O)(=O)C3)CC2)c1. The summed E-state index contributed by atoms with van der Waals surface area (Å²) in [4.78, 5) is 14.1. The molecule has 2 heterocycles. The molecule has 1 aromatic rings. The van der Waals surface area contributed by atoms with Crippen molar-refractivity contribution in [2.45, 2.75) is 24.3 Å². The zero-order valence-corrected chi connectivity index (χ0v) is 18.4. The molecule has 2 fully saturated rings. The van der Waals surface area contributed by atoms with Crippen molar-refractivity contribution in [2.24, 2.45) is 0 Å². The smallest absolute Gasteiger partial charge is 0.232 e. The molecular weight excluding hydrogens is 420 g/mol. The average Bonchev–Trinajstić information content (AvgIpc) is 3.02. The minimum atomic E-state index is -3.63. The highest BCUT2D eigenvalue weighted by molar-refractivity contribution is 7.99. The number of sulfone groups is 1. The van der Waals surface area contributed by atoms with Crippen LogP contribution >= 0.6 is 11.8 Å². The second-order valence-electron chi connectivity index (χ2n) is 7.33. The first-order valence-corrected chi connectivity index (χ1v) is 13.8. The Kier molecular flexibility index (Phi) is 6.73. The predicted octanol–water partition coefficient (Wildman–Crippen LogP) is 0.889. The molecule has 3 rings (SSSR count). The van der Waals surface area contributed by atoms with E-state index in [-0.39, 0.29) is 36.9 Å². The van der Waals surface area contributed by atoms with Crippen molar-refractivity contribution < 1.29 is 21.6 Å². The van der Waals surface area contributed by atoms with E-state index in [1.165, 1.54) is 15.4 Å². The number of benzene rings is 1. The van der Waals surface area contributed by atoms with Crippen molar-refractivity contribution in [3.05, 3.63) is 35.4 Å². The summed E-state index contributed by atoms with van der Waals surface area (Å²) in [5, 5.41) is -0.843. The summed E-state index contributed by atoms with van der Waals surface area (Å²) in [7, 11) is -6.88. The predicted molar refractivity (Wildman–Crippen MR) is 111 cm³/mol. The number of carbonyl (C=O) groups is 1. The first-order valence-electron chi connectivity index (χ1n) is 9.28. The summed E-state index contributed by atoms with van der Waals surface area (Å²) >= 11 is 1.55. The Morgan fingerprint density at radius 1 is 1.21 bits per heavy atom. The van der Waals surface area contributed by atoms with Crippen LogP contribution in [0.4, 0.5) is 0 Å². The summed E-state index contributed by atoms with van der Waals surface area (Å²) in [6.45, 7) is 3.19. The standard InChI is InChI=1S/C18H26N2O5S3/c1-15-3-2-4-16(11-15)12-26-13-18(21)19-6-8-20(9-7-19)28(24,25)17-5-10-27(22,23)14-17/h2-4,11,17H,5-10,12-14H2,1H3. The monoisotopic (exact) mass is 446 g/mol. The number of hydrogen-bond acceptors (Lipinski definition) is 6. The van der Waals surface area contributed by atoms with Crippen LogP contribution in [0.15, 0.2) is 24.3 Å². The van der Waals surface area contributed by atoms with Crippen molar-refractivity contribution in [2.75, 3.05) is 43.4 Å². The number of rotatable bonds is 6. The van der Waals surface area contributed by atoms with E-state index in [0.717, 1.165) is 5.75 Å². The van der Waals surface area contributed by atoms with Crippen molar-refractivity contribution in [3.63, 3.8) is 0 Å². The highest BCUT2D eigenvalue weighted by Gasteiger charge is 2.41. The third-order valence-electron chi connectivity index (χ3n) is 5.14. The second-order valence-corrected chi connectivity index (χ2v) is 12.8. The largest absolute Gasteiger partial charge is 0.339 e. The van der Waals surface area contributed by atoms with Crippen LogP contribution in [-0.2, 0) is 30.4 Å². The summed E-state index contributed by atoms with van der Waals surface area (Å²) in [6, 6.07) is 8.18. The minimum Gasteiger partial charge on any atom is -0.339 e. The molecule has 0 saturated carbocycles. The van der Waals surface area contributed by atoms with Crippen LogP contribution in [0.1, 0.15) is 17.5 Å². The molecule has 7 nitrogen and oxygen atoms in total. The highest BCUT2D eigenvalue weighted by Crippen LogP contribution is 2.23. The maximum absolute atomic E-state index is 12.7. The van der Waals surface area contributed by atoms with Gasteiger partial charge in [0.05, 0.1) is 22.5 Å². The molecule has 0 bridgehead atoms. The van der Waals surface area contributed by atoms with Gasteiger partial charge >= 0.3 is 0 Å². The number of thioether (sulfide) groups is 1. The van der Waals surface area contributed by atoms with Crippen LogP contribution in [0.25, 0.3) is 0 Å². The Labute approximate surface area is 171 Å². The number of carbonyl (C=O) groups excluding carboxylic acids is 1. The van der Waals surface area contributed by atoms with E-state index in [2.05, 4.69) is 6.07 Å². The number of amides is 1. The van der Waals surface area contributed by atoms with Crippen LogP contribution in [0, 0.1) is 6.92 Å². The van der Waals surface area contributed by atoms with Crippen LogP contribution in [0.2, 0.25) is 0 Å². The first kappa shape index (κ1) is 21.6. The number of hydrogen-bond donors (Lipinski definition) is 0. The number of nitrogens with zero attached hydrogens (tertiary/aromatic N) is 2. The molecule has 0 aliphatic carbocycles. The Bertz CT molecular complexity index is 922. The molecule has 2 aliphatic heterocycles. The molecule has 1 unspecified atom stereocenters. The zero-order chi connectivity index (χ0) is 20.4. The van der Waals surface area contributed by atoms with E-state index in [1.807, 2.05) is 25.1 Å². The number of piperazine rings is 1. The molecule has 0 spiro atoms. The van der Waals surface area contributed by atoms with Crippen LogP contribution in [0.5, 0.6) is 0 Å². The quantitative estimate of drug-likeness (QED) is 0.644. The van der Waals surface area contributed by atoms with Crippen LogP contribution < -0.4 is 0 Å². The van der Waals surface area contributed by atoms with Gasteiger partial charge in [-0.3, -0.25) is 4.79 Å². The third-order valence-corrected chi connectivity index (χ3v) is 10.4. The molecule has 1 amide bonds. The molecular formula is C18H26N2O5S3. The van der Waals surface area contributed by atoms with Gasteiger partial charge in [-0.2, -0.15) is 4.31 Å². The first-order chi connectivity index (χ1) is 13.2. The molecule has 0 aromatic heterocycles. The van der Waals surface area contributed by atoms with Crippen LogP contribution in [-0.4, -0.2) is 80.6 Å². The van der Waals surface area contributed by atoms with Gasteiger partial charge in [-0.15, -0.1) is 11.8 Å². The molecule has 1 aromatic carbocycles. The Hall–Kier alpha value is -1.10. The maximum Gasteiger partial charge on any atom is 0.232 e. The van der Waals surface area contributed by atoms with Crippen molar-refractivity contribution in [1.82, 2.24) is 9.21 Å². The van der Waals surface area contributed by atoms with Gasteiger partial charge in [0.15, 0.2) is 9.84 Å². The molecule has 2 aliphatic rings. The van der Waals surface area contributed by atoms with E-state index in [4.69, 9.17) is 0 Å². The highest BCUT2D eigenvalue weighted by atomic mass is 32.2. The van der Waals surface area contributed by atoms with Crippen molar-refractivity contribution in [1.29, 1.82) is 0 Å². The number of aryl methyl sites for hydroxylation is 1. The Balaban J connectivity index is 1.46. The van der Waals surface area contributed by atoms with Gasteiger partial charge in [0.25, 0.3) is 0 Å². The van der Waals surface area contributed by atoms with Gasteiger partial charge in [-0.05, 0) is 18.9 Å². The summed E-state index contributed by atoms with van der Waals surface area (Å²) in [6.07, 6.45) is 0.166. The molecule has 0 N–H and O–H groups in total. The Morgan fingerprint density at radius 3 is 2.54 bits per heavy atom. The third kappa shape index (κ3) is 5.28. The van der Waals surface area contributed by atoms with E-state index in [0.29, 0.717) is 18.8 Å². The molecule has 1 atom stereocenters. The lowest BCUT2D eigenvalue weighted by Crippen LogP contribution is -2.53. The van der Waals surface area contributed by atoms with Gasteiger partial charge in [0, 0.05) is 31.9 Å². The normalized spacial score (nSPS) is 23.0. The lowest BCUT2D eigenvalue weighted by Gasteiger charge is -2.35. The fourth-order valence-corrected chi connectivity index (χ4v) is 8.93. The Morgan fingerprint density at radius 2 is 1.93 bits per heavy atom. The van der Waals surface area contributed by atoms with Gasteiger partial charge in [-0.1, -0.05) is 29.8 Å². The molecule has 10 heteroatoms. The van der Waals surface area contributed by atoms with Crippen molar-refractivity contribution >= 4 is 37.5 Å². The fraction of sp³-hybridized carbons (Fsp3) is 0.611. The van der Waals surface area contributed by atoms with E-state index in [1.54, 1.807) is 16.7 Å². The van der Waals surface area contributed by atoms with E-state index < -0.39 is 25.1 Å². The summed E-state index contributed by atoms with van der Waals surface area (Å²) < 4.78 is 49.9. The number of sulfonamides is 1.